The lowest BCUT2D eigenvalue weighted by Crippen LogP contribution is -2.20. The van der Waals surface area contributed by atoms with Crippen molar-refractivity contribution in [3.8, 4) is 22.8 Å². The van der Waals surface area contributed by atoms with E-state index >= 15 is 0 Å². The third-order valence-electron chi connectivity index (χ3n) is 3.40. The van der Waals surface area contributed by atoms with E-state index in [-0.39, 0.29) is 5.75 Å². The summed E-state index contributed by atoms with van der Waals surface area (Å²) in [7, 11) is 0. The van der Waals surface area contributed by atoms with E-state index in [1.807, 2.05) is 0 Å². The number of alkyl halides is 3. The molecule has 3 aromatic rings. The largest absolute Gasteiger partial charge is 0.573 e. The molecular weight excluding hydrogens is 327 g/mol. The van der Waals surface area contributed by atoms with Crippen molar-refractivity contribution in [3.63, 3.8) is 0 Å². The third kappa shape index (κ3) is 2.55. The summed E-state index contributed by atoms with van der Waals surface area (Å²) in [4.78, 5) is 0. The van der Waals surface area contributed by atoms with Gasteiger partial charge in [0.25, 0.3) is 0 Å². The van der Waals surface area contributed by atoms with E-state index in [1.165, 1.54) is 29.0 Å². The molecule has 1 aromatic carbocycles. The van der Waals surface area contributed by atoms with Crippen LogP contribution >= 0.6 is 0 Å². The quantitative estimate of drug-likeness (QED) is 0.774. The van der Waals surface area contributed by atoms with E-state index in [4.69, 9.17) is 4.74 Å². The van der Waals surface area contributed by atoms with Crippen molar-refractivity contribution < 1.29 is 22.6 Å². The molecule has 3 heterocycles. The van der Waals surface area contributed by atoms with Gasteiger partial charge in [0.15, 0.2) is 5.75 Å². The number of halogens is 3. The zero-order valence-electron chi connectivity index (χ0n) is 12.0. The Hall–Kier alpha value is -3.04. The van der Waals surface area contributed by atoms with Crippen LogP contribution in [0.2, 0.25) is 0 Å². The van der Waals surface area contributed by atoms with Gasteiger partial charge >= 0.3 is 6.36 Å². The maximum Gasteiger partial charge on any atom is 0.573 e. The van der Waals surface area contributed by atoms with Crippen LogP contribution in [0.4, 0.5) is 18.9 Å². The number of aromatic nitrogens is 4. The highest BCUT2D eigenvalue weighted by molar-refractivity contribution is 5.83. The maximum absolute atomic E-state index is 12.4. The number of rotatable bonds is 2. The molecule has 0 unspecified atom stereocenters. The molecule has 10 heteroatoms. The molecule has 0 atom stereocenters. The van der Waals surface area contributed by atoms with Gasteiger partial charge in [-0.2, -0.15) is 9.61 Å². The smallest absolute Gasteiger partial charge is 0.487 e. The first-order valence-electron chi connectivity index (χ1n) is 6.98. The van der Waals surface area contributed by atoms with E-state index in [2.05, 4.69) is 25.3 Å². The highest BCUT2D eigenvalue weighted by atomic mass is 19.4. The summed E-state index contributed by atoms with van der Waals surface area (Å²) in [5, 5.41) is 15.3. The molecule has 0 spiro atoms. The minimum absolute atomic E-state index is 0.330. The molecule has 1 aliphatic heterocycles. The normalized spacial score (nSPS) is 14.0. The Morgan fingerprint density at radius 1 is 1.29 bits per heavy atom. The maximum atomic E-state index is 12.4. The molecule has 0 saturated carbocycles. The first kappa shape index (κ1) is 14.5. The number of nitrogens with zero attached hydrogens (tertiary/aromatic N) is 4. The van der Waals surface area contributed by atoms with E-state index in [0.717, 1.165) is 0 Å². The summed E-state index contributed by atoms with van der Waals surface area (Å²) in [5.41, 5.74) is 1.88. The topological polar surface area (TPSA) is 73.6 Å². The molecule has 1 N–H and O–H groups in total. The van der Waals surface area contributed by atoms with Gasteiger partial charge < -0.3 is 14.8 Å². The Bertz CT molecular complexity index is 909. The minimum atomic E-state index is -4.76. The van der Waals surface area contributed by atoms with Crippen LogP contribution in [0.1, 0.15) is 0 Å². The predicted octanol–water partition coefficient (Wildman–Crippen LogP) is 2.49. The first-order chi connectivity index (χ1) is 11.5. The number of benzene rings is 1. The van der Waals surface area contributed by atoms with Crippen LogP contribution in [-0.4, -0.2) is 39.3 Å². The highest BCUT2D eigenvalue weighted by Gasteiger charge is 2.31. The van der Waals surface area contributed by atoms with Crippen molar-refractivity contribution in [1.82, 2.24) is 19.8 Å². The molecule has 2 aromatic heterocycles. The Balaban J connectivity index is 1.86. The lowest BCUT2D eigenvalue weighted by molar-refractivity contribution is -0.274. The number of ether oxygens (including phenoxy) is 2. The summed E-state index contributed by atoms with van der Waals surface area (Å²) in [6, 6.07) is 5.56. The van der Waals surface area contributed by atoms with Gasteiger partial charge in [0, 0.05) is 12.1 Å². The number of fused-ring (bicyclic) bond motifs is 3. The van der Waals surface area contributed by atoms with Crippen molar-refractivity contribution in [2.75, 3.05) is 18.5 Å². The molecular formula is C14H10F3N5O2. The van der Waals surface area contributed by atoms with E-state index < -0.39 is 6.36 Å². The highest BCUT2D eigenvalue weighted by Crippen LogP contribution is 2.39. The fourth-order valence-corrected chi connectivity index (χ4v) is 2.50. The van der Waals surface area contributed by atoms with Crippen molar-refractivity contribution in [1.29, 1.82) is 0 Å². The molecule has 7 nitrogen and oxygen atoms in total. The van der Waals surface area contributed by atoms with Crippen molar-refractivity contribution >= 4 is 11.3 Å². The molecule has 0 fully saturated rings. The lowest BCUT2D eigenvalue weighted by atomic mass is 10.1. The molecule has 0 saturated heterocycles. The fraction of sp³-hybridized carbons (Fsp3) is 0.214. The molecule has 0 radical (unpaired) electrons. The van der Waals surface area contributed by atoms with Gasteiger partial charge in [-0.1, -0.05) is 12.1 Å². The van der Waals surface area contributed by atoms with E-state index in [9.17, 15) is 13.2 Å². The molecule has 1 aliphatic rings. The number of anilines is 1. The summed E-state index contributed by atoms with van der Waals surface area (Å²) in [5.74, 6) is 0.0917. The predicted molar refractivity (Wildman–Crippen MR) is 76.9 cm³/mol. The molecule has 4 rings (SSSR count). The Labute approximate surface area is 133 Å². The molecule has 124 valence electrons. The standard InChI is InChI=1S/C14H10F3N5O2/c15-14(16,17)24-9-3-1-2-8(6-9)10-12-11(18-4-5-23-12)13-20-19-7-22(13)21-10/h1-3,6-7,18H,4-5H2. The Kier molecular flexibility index (Phi) is 3.18. The third-order valence-corrected chi connectivity index (χ3v) is 3.40. The number of nitrogens with one attached hydrogen (secondary N) is 1. The van der Waals surface area contributed by atoms with Crippen LogP contribution in [0.25, 0.3) is 16.9 Å². The van der Waals surface area contributed by atoms with Gasteiger partial charge in [-0.15, -0.1) is 23.4 Å². The molecule has 0 bridgehead atoms. The van der Waals surface area contributed by atoms with Crippen LogP contribution in [0.15, 0.2) is 30.6 Å². The van der Waals surface area contributed by atoms with Gasteiger partial charge in [-0.25, -0.2) is 0 Å². The number of hydrogen-bond acceptors (Lipinski definition) is 6. The van der Waals surface area contributed by atoms with Gasteiger partial charge in [-0.3, -0.25) is 0 Å². The zero-order valence-corrected chi connectivity index (χ0v) is 12.0. The monoisotopic (exact) mass is 337 g/mol. The SMILES string of the molecule is FC(F)(F)Oc1cccc(-c2nn3cnnc3c3c2OCCN3)c1. The van der Waals surface area contributed by atoms with Gasteiger partial charge in [0.2, 0.25) is 5.65 Å². The second-order valence-corrected chi connectivity index (χ2v) is 5.00. The van der Waals surface area contributed by atoms with Crippen molar-refractivity contribution in [3.05, 3.63) is 30.6 Å². The van der Waals surface area contributed by atoms with E-state index in [0.29, 0.717) is 41.5 Å². The number of hydrogen-bond donors (Lipinski definition) is 1. The summed E-state index contributed by atoms with van der Waals surface area (Å²) >= 11 is 0. The van der Waals surface area contributed by atoms with Crippen molar-refractivity contribution in [2.45, 2.75) is 6.36 Å². The Morgan fingerprint density at radius 3 is 3.00 bits per heavy atom. The van der Waals surface area contributed by atoms with Crippen LogP contribution < -0.4 is 14.8 Å². The van der Waals surface area contributed by atoms with Gasteiger partial charge in [0.1, 0.15) is 30.1 Å². The second-order valence-electron chi connectivity index (χ2n) is 5.00. The molecule has 0 amide bonds. The van der Waals surface area contributed by atoms with Gasteiger partial charge in [-0.05, 0) is 12.1 Å². The average Bonchev–Trinajstić information content (AvgIpc) is 3.01. The van der Waals surface area contributed by atoms with Crippen molar-refractivity contribution in [2.24, 2.45) is 0 Å². The van der Waals surface area contributed by atoms with E-state index in [1.54, 1.807) is 6.07 Å². The fourth-order valence-electron chi connectivity index (χ4n) is 2.50. The minimum Gasteiger partial charge on any atom is -0.487 e. The van der Waals surface area contributed by atoms with Crippen LogP contribution in [0.5, 0.6) is 11.5 Å². The second kappa shape index (κ2) is 5.25. The van der Waals surface area contributed by atoms with Crippen LogP contribution in [-0.2, 0) is 0 Å². The van der Waals surface area contributed by atoms with Crippen LogP contribution in [0.3, 0.4) is 0 Å². The first-order valence-corrected chi connectivity index (χ1v) is 6.98. The summed E-state index contributed by atoms with van der Waals surface area (Å²) < 4.78 is 48.3. The van der Waals surface area contributed by atoms with Gasteiger partial charge in [0.05, 0.1) is 0 Å². The Morgan fingerprint density at radius 2 is 2.17 bits per heavy atom. The molecule has 0 aliphatic carbocycles. The van der Waals surface area contributed by atoms with Crippen LogP contribution in [0, 0.1) is 0 Å². The lowest BCUT2D eigenvalue weighted by Gasteiger charge is -2.21. The average molecular weight is 337 g/mol. The zero-order chi connectivity index (χ0) is 16.7. The summed E-state index contributed by atoms with van der Waals surface area (Å²) in [6.45, 7) is 0.987. The summed E-state index contributed by atoms with van der Waals surface area (Å²) in [6.07, 6.45) is -3.35. The molecule has 24 heavy (non-hydrogen) atoms.